The summed E-state index contributed by atoms with van der Waals surface area (Å²) in [5.74, 6) is 0.848. The zero-order valence-corrected chi connectivity index (χ0v) is 15.0. The molecule has 1 heterocycles. The van der Waals surface area contributed by atoms with Crippen LogP contribution >= 0.6 is 11.6 Å². The van der Waals surface area contributed by atoms with Gasteiger partial charge in [0.05, 0.1) is 5.69 Å². The van der Waals surface area contributed by atoms with E-state index in [2.05, 4.69) is 29.4 Å². The molecule has 4 heteroatoms. The Morgan fingerprint density at radius 2 is 1.80 bits per heavy atom. The van der Waals surface area contributed by atoms with Gasteiger partial charge in [0.1, 0.15) is 12.4 Å². The first-order valence-electron chi connectivity index (χ1n) is 8.29. The average molecular weight is 353 g/mol. The molecule has 3 nitrogen and oxygen atoms in total. The van der Waals surface area contributed by atoms with Gasteiger partial charge in [0, 0.05) is 29.9 Å². The normalized spacial score (nSPS) is 10.6. The first-order chi connectivity index (χ1) is 12.2. The number of benzene rings is 2. The van der Waals surface area contributed by atoms with Gasteiger partial charge in [-0.15, -0.1) is 0 Å². The van der Waals surface area contributed by atoms with Crippen LogP contribution < -0.4 is 10.1 Å². The molecule has 0 atom stereocenters. The van der Waals surface area contributed by atoms with Crippen LogP contribution in [0.15, 0.2) is 66.9 Å². The number of rotatable bonds is 7. The summed E-state index contributed by atoms with van der Waals surface area (Å²) in [5, 5.41) is 4.10. The van der Waals surface area contributed by atoms with Crippen molar-refractivity contribution in [3.63, 3.8) is 0 Å². The lowest BCUT2D eigenvalue weighted by Gasteiger charge is -2.14. The van der Waals surface area contributed by atoms with E-state index in [1.54, 1.807) is 6.20 Å². The predicted molar refractivity (Wildman–Crippen MR) is 102 cm³/mol. The largest absolute Gasteiger partial charge is 0.489 e. The fraction of sp³-hybridized carbons (Fsp3) is 0.190. The Morgan fingerprint density at radius 3 is 2.60 bits per heavy atom. The lowest BCUT2D eigenvalue weighted by Crippen LogP contribution is -2.14. The van der Waals surface area contributed by atoms with Gasteiger partial charge in [-0.05, 0) is 48.4 Å². The van der Waals surface area contributed by atoms with Crippen LogP contribution in [-0.2, 0) is 19.7 Å². The van der Waals surface area contributed by atoms with E-state index >= 15 is 0 Å². The monoisotopic (exact) mass is 352 g/mol. The number of pyridine rings is 1. The van der Waals surface area contributed by atoms with E-state index in [9.17, 15) is 0 Å². The second-order valence-electron chi connectivity index (χ2n) is 5.89. The highest BCUT2D eigenvalue weighted by Gasteiger charge is 2.07. The van der Waals surface area contributed by atoms with Crippen molar-refractivity contribution in [2.75, 3.05) is 0 Å². The Balaban J connectivity index is 1.64. The molecule has 3 rings (SSSR count). The molecular formula is C21H21ClN2O. The van der Waals surface area contributed by atoms with Gasteiger partial charge < -0.3 is 10.1 Å². The number of hydrogen-bond donors (Lipinski definition) is 1. The van der Waals surface area contributed by atoms with Crippen LogP contribution in [-0.4, -0.2) is 4.98 Å². The average Bonchev–Trinajstić information content (AvgIpc) is 2.63. The van der Waals surface area contributed by atoms with Gasteiger partial charge in [0.15, 0.2) is 0 Å². The molecule has 0 aliphatic rings. The Kier molecular flexibility index (Phi) is 6.04. The fourth-order valence-electron chi connectivity index (χ4n) is 2.58. The van der Waals surface area contributed by atoms with E-state index < -0.39 is 0 Å². The molecule has 1 aromatic heterocycles. The Hall–Kier alpha value is -2.36. The number of ether oxygens (including phenoxy) is 1. The minimum Gasteiger partial charge on any atom is -0.489 e. The van der Waals surface area contributed by atoms with Crippen LogP contribution in [0.25, 0.3) is 0 Å². The minimum absolute atomic E-state index is 0.543. The molecule has 0 bridgehead atoms. The van der Waals surface area contributed by atoms with Gasteiger partial charge in [-0.2, -0.15) is 0 Å². The molecule has 128 valence electrons. The first kappa shape index (κ1) is 17.5. The van der Waals surface area contributed by atoms with Crippen molar-refractivity contribution in [1.29, 1.82) is 0 Å². The molecule has 25 heavy (non-hydrogen) atoms. The number of aryl methyl sites for hydroxylation is 1. The molecule has 1 N–H and O–H groups in total. The molecule has 0 amide bonds. The van der Waals surface area contributed by atoms with Crippen molar-refractivity contribution < 1.29 is 4.74 Å². The summed E-state index contributed by atoms with van der Waals surface area (Å²) >= 11 is 6.16. The van der Waals surface area contributed by atoms with Gasteiger partial charge in [0.25, 0.3) is 0 Å². The summed E-state index contributed by atoms with van der Waals surface area (Å²) in [4.78, 5) is 4.32. The van der Waals surface area contributed by atoms with E-state index in [1.807, 2.05) is 48.5 Å². The van der Waals surface area contributed by atoms with Crippen LogP contribution in [0.4, 0.5) is 0 Å². The van der Waals surface area contributed by atoms with Crippen molar-refractivity contribution in [2.24, 2.45) is 0 Å². The standard InChI is InChI=1S/C21H21ClN2O/c1-16-6-2-3-7-17(16)15-25-21-10-9-19(22)12-18(21)13-23-14-20-8-4-5-11-24-20/h2-12,23H,13-15H2,1H3. The summed E-state index contributed by atoms with van der Waals surface area (Å²) in [6, 6.07) is 19.9. The second-order valence-corrected chi connectivity index (χ2v) is 6.33. The fourth-order valence-corrected chi connectivity index (χ4v) is 2.78. The van der Waals surface area contributed by atoms with E-state index in [1.165, 1.54) is 11.1 Å². The summed E-state index contributed by atoms with van der Waals surface area (Å²) in [5.41, 5.74) is 4.46. The van der Waals surface area contributed by atoms with Crippen molar-refractivity contribution in [3.8, 4) is 5.75 Å². The number of nitrogens with zero attached hydrogens (tertiary/aromatic N) is 1. The zero-order valence-electron chi connectivity index (χ0n) is 14.2. The lowest BCUT2D eigenvalue weighted by atomic mass is 10.1. The third-order valence-electron chi connectivity index (χ3n) is 4.01. The second kappa shape index (κ2) is 8.65. The van der Waals surface area contributed by atoms with Gasteiger partial charge >= 0.3 is 0 Å². The summed E-state index contributed by atoms with van der Waals surface area (Å²) in [7, 11) is 0. The zero-order chi connectivity index (χ0) is 17.5. The van der Waals surface area contributed by atoms with E-state index in [0.717, 1.165) is 17.0 Å². The van der Waals surface area contributed by atoms with E-state index in [-0.39, 0.29) is 0 Å². The van der Waals surface area contributed by atoms with Gasteiger partial charge in [0.2, 0.25) is 0 Å². The lowest BCUT2D eigenvalue weighted by molar-refractivity contribution is 0.301. The van der Waals surface area contributed by atoms with Crippen LogP contribution in [0.3, 0.4) is 0 Å². The Bertz CT molecular complexity index is 821. The highest BCUT2D eigenvalue weighted by molar-refractivity contribution is 6.30. The molecule has 3 aromatic rings. The van der Waals surface area contributed by atoms with Crippen molar-refractivity contribution in [1.82, 2.24) is 10.3 Å². The number of aromatic nitrogens is 1. The molecule has 0 aliphatic heterocycles. The summed E-state index contributed by atoms with van der Waals surface area (Å²) in [6.45, 7) is 4.00. The summed E-state index contributed by atoms with van der Waals surface area (Å²) < 4.78 is 6.05. The Morgan fingerprint density at radius 1 is 0.960 bits per heavy atom. The van der Waals surface area contributed by atoms with Gasteiger partial charge in [-0.3, -0.25) is 4.98 Å². The van der Waals surface area contributed by atoms with Gasteiger partial charge in [-0.25, -0.2) is 0 Å². The third kappa shape index (κ3) is 5.05. The molecule has 0 saturated heterocycles. The Labute approximate surface area is 153 Å². The van der Waals surface area contributed by atoms with E-state index in [0.29, 0.717) is 24.7 Å². The molecule has 0 radical (unpaired) electrons. The van der Waals surface area contributed by atoms with Gasteiger partial charge in [-0.1, -0.05) is 41.9 Å². The topological polar surface area (TPSA) is 34.1 Å². The molecule has 0 saturated carbocycles. The van der Waals surface area contributed by atoms with Crippen LogP contribution in [0.2, 0.25) is 5.02 Å². The molecule has 2 aromatic carbocycles. The molecule has 0 unspecified atom stereocenters. The smallest absolute Gasteiger partial charge is 0.124 e. The van der Waals surface area contributed by atoms with Crippen molar-refractivity contribution in [2.45, 2.75) is 26.6 Å². The quantitative estimate of drug-likeness (QED) is 0.655. The van der Waals surface area contributed by atoms with Crippen molar-refractivity contribution in [3.05, 3.63) is 94.3 Å². The highest BCUT2D eigenvalue weighted by atomic mass is 35.5. The minimum atomic E-state index is 0.543. The maximum atomic E-state index is 6.16. The molecule has 0 spiro atoms. The molecule has 0 aliphatic carbocycles. The van der Waals surface area contributed by atoms with Crippen molar-refractivity contribution >= 4 is 11.6 Å². The van der Waals surface area contributed by atoms with Crippen LogP contribution in [0, 0.1) is 6.92 Å². The predicted octanol–water partition coefficient (Wildman–Crippen LogP) is 4.91. The number of nitrogens with one attached hydrogen (secondary N) is 1. The number of hydrogen-bond acceptors (Lipinski definition) is 3. The van der Waals surface area contributed by atoms with Crippen LogP contribution in [0.5, 0.6) is 5.75 Å². The first-order valence-corrected chi connectivity index (χ1v) is 8.66. The summed E-state index contributed by atoms with van der Waals surface area (Å²) in [6.07, 6.45) is 1.80. The highest BCUT2D eigenvalue weighted by Crippen LogP contribution is 2.24. The maximum Gasteiger partial charge on any atom is 0.124 e. The van der Waals surface area contributed by atoms with E-state index in [4.69, 9.17) is 16.3 Å². The third-order valence-corrected chi connectivity index (χ3v) is 4.25. The molecular weight excluding hydrogens is 332 g/mol. The SMILES string of the molecule is Cc1ccccc1COc1ccc(Cl)cc1CNCc1ccccn1. The van der Waals surface area contributed by atoms with Crippen LogP contribution in [0.1, 0.15) is 22.4 Å². The number of halogens is 1. The molecule has 0 fully saturated rings. The maximum absolute atomic E-state index is 6.16.